The highest BCUT2D eigenvalue weighted by molar-refractivity contribution is 7.10. The molecular formula is C20H28N4OS. The van der Waals surface area contributed by atoms with Crippen LogP contribution in [0, 0.1) is 0 Å². The molecule has 0 fully saturated rings. The van der Waals surface area contributed by atoms with Gasteiger partial charge in [0.2, 0.25) is 0 Å². The van der Waals surface area contributed by atoms with E-state index in [0.29, 0.717) is 19.2 Å². The minimum Gasteiger partial charge on any atom is -0.489 e. The van der Waals surface area contributed by atoms with Crippen molar-refractivity contribution < 1.29 is 4.74 Å². The largest absolute Gasteiger partial charge is 0.489 e. The topological polar surface area (TPSA) is 48.9 Å². The van der Waals surface area contributed by atoms with E-state index in [1.54, 1.807) is 24.5 Å². The summed E-state index contributed by atoms with van der Waals surface area (Å²) in [4.78, 5) is 7.88. The fourth-order valence-electron chi connectivity index (χ4n) is 2.55. The van der Waals surface area contributed by atoms with Crippen molar-refractivity contribution in [1.29, 1.82) is 0 Å². The number of nitrogens with one attached hydrogen (secondary N) is 2. The van der Waals surface area contributed by atoms with Crippen LogP contribution in [-0.4, -0.2) is 45.2 Å². The molecule has 0 aliphatic rings. The van der Waals surface area contributed by atoms with Crippen molar-refractivity contribution in [2.24, 2.45) is 4.99 Å². The molecule has 140 valence electrons. The van der Waals surface area contributed by atoms with Crippen molar-refractivity contribution in [3.8, 4) is 5.75 Å². The van der Waals surface area contributed by atoms with Crippen molar-refractivity contribution in [1.82, 2.24) is 15.5 Å². The number of rotatable bonds is 9. The Hall–Kier alpha value is -2.31. The van der Waals surface area contributed by atoms with Crippen LogP contribution in [0.15, 0.2) is 59.4 Å². The van der Waals surface area contributed by atoms with Gasteiger partial charge in [0.15, 0.2) is 5.96 Å². The van der Waals surface area contributed by atoms with Crippen LogP contribution in [0.25, 0.3) is 0 Å². The highest BCUT2D eigenvalue weighted by Crippen LogP contribution is 2.22. The quantitative estimate of drug-likeness (QED) is 0.403. The van der Waals surface area contributed by atoms with Gasteiger partial charge >= 0.3 is 0 Å². The molecule has 1 heterocycles. The third kappa shape index (κ3) is 5.89. The standard InChI is InChI=1S/C20H28N4OS/c1-5-12-25-18-10-7-6-9-16(18)14-22-20(21-2)23-15-17(24(3)4)19-11-8-13-26-19/h5-11,13,17H,1,12,14-15H2,2-4H3,(H2,21,22,23). The Bertz CT molecular complexity index is 698. The average molecular weight is 373 g/mol. The molecule has 1 aromatic carbocycles. The maximum Gasteiger partial charge on any atom is 0.191 e. The summed E-state index contributed by atoms with van der Waals surface area (Å²) in [5.74, 6) is 1.63. The molecule has 2 rings (SSSR count). The van der Waals surface area contributed by atoms with Gasteiger partial charge in [-0.3, -0.25) is 4.99 Å². The lowest BCUT2D eigenvalue weighted by Crippen LogP contribution is -2.41. The van der Waals surface area contributed by atoms with Gasteiger partial charge in [0.1, 0.15) is 12.4 Å². The van der Waals surface area contributed by atoms with Gasteiger partial charge in [0.25, 0.3) is 0 Å². The molecule has 0 amide bonds. The molecule has 1 atom stereocenters. The summed E-state index contributed by atoms with van der Waals surface area (Å²) in [5.41, 5.74) is 1.08. The van der Waals surface area contributed by atoms with Crippen LogP contribution in [0.4, 0.5) is 0 Å². The summed E-state index contributed by atoms with van der Waals surface area (Å²) < 4.78 is 5.71. The number of hydrogen-bond donors (Lipinski definition) is 2. The number of aliphatic imine (C=N–C) groups is 1. The van der Waals surface area contributed by atoms with Crippen LogP contribution < -0.4 is 15.4 Å². The van der Waals surface area contributed by atoms with E-state index in [9.17, 15) is 0 Å². The van der Waals surface area contributed by atoms with E-state index in [4.69, 9.17) is 4.74 Å². The van der Waals surface area contributed by atoms with Crippen LogP contribution in [0.3, 0.4) is 0 Å². The second-order valence-electron chi connectivity index (χ2n) is 6.01. The summed E-state index contributed by atoms with van der Waals surface area (Å²) >= 11 is 1.77. The molecule has 1 unspecified atom stereocenters. The highest BCUT2D eigenvalue weighted by atomic mass is 32.1. The maximum absolute atomic E-state index is 5.71. The SMILES string of the molecule is C=CCOc1ccccc1CNC(=NC)NCC(c1cccs1)N(C)C. The third-order valence-corrected chi connectivity index (χ3v) is 4.93. The summed E-state index contributed by atoms with van der Waals surface area (Å²) in [6.07, 6.45) is 1.75. The van der Waals surface area contributed by atoms with Gasteiger partial charge in [-0.2, -0.15) is 0 Å². The maximum atomic E-state index is 5.71. The number of nitrogens with zero attached hydrogens (tertiary/aromatic N) is 2. The van der Waals surface area contributed by atoms with Crippen molar-refractivity contribution in [3.05, 3.63) is 64.9 Å². The lowest BCUT2D eigenvalue weighted by atomic mass is 10.2. The number of hydrogen-bond acceptors (Lipinski definition) is 4. The van der Waals surface area contributed by atoms with Crippen LogP contribution in [0.2, 0.25) is 0 Å². The zero-order valence-electron chi connectivity index (χ0n) is 15.7. The van der Waals surface area contributed by atoms with Gasteiger partial charge < -0.3 is 20.3 Å². The Morgan fingerprint density at radius 2 is 2.08 bits per heavy atom. The first-order valence-corrected chi connectivity index (χ1v) is 9.49. The van der Waals surface area contributed by atoms with Crippen LogP contribution in [0.5, 0.6) is 5.75 Å². The Labute approximate surface area is 160 Å². The monoisotopic (exact) mass is 372 g/mol. The van der Waals surface area contributed by atoms with Crippen molar-refractivity contribution in [3.63, 3.8) is 0 Å². The molecule has 0 aliphatic heterocycles. The molecule has 6 heteroatoms. The number of guanidine groups is 1. The van der Waals surface area contributed by atoms with Gasteiger partial charge in [-0.15, -0.1) is 11.3 Å². The molecule has 1 aromatic heterocycles. The van der Waals surface area contributed by atoms with Gasteiger partial charge in [-0.1, -0.05) is 36.9 Å². The minimum absolute atomic E-state index is 0.303. The normalized spacial score (nSPS) is 12.7. The Balaban J connectivity index is 1.93. The summed E-state index contributed by atoms with van der Waals surface area (Å²) in [6, 6.07) is 12.5. The average Bonchev–Trinajstić information content (AvgIpc) is 3.17. The van der Waals surface area contributed by atoms with Crippen molar-refractivity contribution in [2.45, 2.75) is 12.6 Å². The van der Waals surface area contributed by atoms with Gasteiger partial charge in [0.05, 0.1) is 6.04 Å². The Morgan fingerprint density at radius 1 is 1.27 bits per heavy atom. The fourth-order valence-corrected chi connectivity index (χ4v) is 3.47. The molecule has 2 N–H and O–H groups in total. The molecule has 2 aromatic rings. The number of para-hydroxylation sites is 1. The highest BCUT2D eigenvalue weighted by Gasteiger charge is 2.15. The lowest BCUT2D eigenvalue weighted by Gasteiger charge is -2.24. The minimum atomic E-state index is 0.303. The second kappa shape index (κ2) is 10.6. The summed E-state index contributed by atoms with van der Waals surface area (Å²) in [6.45, 7) is 5.61. The van der Waals surface area contributed by atoms with Crippen molar-refractivity contribution in [2.75, 3.05) is 34.3 Å². The molecule has 5 nitrogen and oxygen atoms in total. The van der Waals surface area contributed by atoms with E-state index in [1.807, 2.05) is 24.3 Å². The third-order valence-electron chi connectivity index (χ3n) is 3.96. The smallest absolute Gasteiger partial charge is 0.191 e. The molecule has 0 radical (unpaired) electrons. The number of ether oxygens (including phenoxy) is 1. The van der Waals surface area contributed by atoms with Crippen LogP contribution >= 0.6 is 11.3 Å². The van der Waals surface area contributed by atoms with E-state index in [2.05, 4.69) is 58.7 Å². The fraction of sp³-hybridized carbons (Fsp3) is 0.350. The number of benzene rings is 1. The molecule has 0 bridgehead atoms. The van der Waals surface area contributed by atoms with E-state index in [-0.39, 0.29) is 0 Å². The van der Waals surface area contributed by atoms with E-state index in [0.717, 1.165) is 23.8 Å². The van der Waals surface area contributed by atoms with E-state index in [1.165, 1.54) is 4.88 Å². The molecular weight excluding hydrogens is 344 g/mol. The first kappa shape index (κ1) is 20.0. The first-order chi connectivity index (χ1) is 12.7. The Morgan fingerprint density at radius 3 is 2.73 bits per heavy atom. The number of likely N-dealkylation sites (N-methyl/N-ethyl adjacent to an activating group) is 1. The molecule has 0 aliphatic carbocycles. The predicted octanol–water partition coefficient (Wildman–Crippen LogP) is 3.28. The molecule has 0 saturated carbocycles. The van der Waals surface area contributed by atoms with Gasteiger partial charge in [-0.25, -0.2) is 0 Å². The van der Waals surface area contributed by atoms with Gasteiger partial charge in [0, 0.05) is 30.6 Å². The van der Waals surface area contributed by atoms with Gasteiger partial charge in [-0.05, 0) is 31.6 Å². The zero-order chi connectivity index (χ0) is 18.8. The molecule has 0 spiro atoms. The van der Waals surface area contributed by atoms with Crippen LogP contribution in [-0.2, 0) is 6.54 Å². The van der Waals surface area contributed by atoms with Crippen molar-refractivity contribution >= 4 is 17.3 Å². The van der Waals surface area contributed by atoms with E-state index < -0.39 is 0 Å². The Kier molecular flexibility index (Phi) is 8.18. The molecule has 0 saturated heterocycles. The first-order valence-electron chi connectivity index (χ1n) is 8.61. The van der Waals surface area contributed by atoms with Crippen LogP contribution in [0.1, 0.15) is 16.5 Å². The summed E-state index contributed by atoms with van der Waals surface area (Å²) in [7, 11) is 5.97. The zero-order valence-corrected chi connectivity index (χ0v) is 16.6. The second-order valence-corrected chi connectivity index (χ2v) is 6.99. The predicted molar refractivity (Wildman–Crippen MR) is 111 cm³/mol. The number of thiophene rings is 1. The van der Waals surface area contributed by atoms with E-state index >= 15 is 0 Å². The summed E-state index contributed by atoms with van der Waals surface area (Å²) in [5, 5.41) is 8.89. The lowest BCUT2D eigenvalue weighted by molar-refractivity contribution is 0.302. The molecule has 26 heavy (non-hydrogen) atoms.